The molecule has 0 aromatic carbocycles. The zero-order chi connectivity index (χ0) is 11.3. The number of rotatable bonds is 4. The van der Waals surface area contributed by atoms with E-state index < -0.39 is 0 Å². The van der Waals surface area contributed by atoms with Gasteiger partial charge in [-0.3, -0.25) is 10.2 Å². The first-order chi connectivity index (χ1) is 7.19. The van der Waals surface area contributed by atoms with Crippen molar-refractivity contribution in [1.29, 1.82) is 0 Å². The molecule has 0 aliphatic carbocycles. The van der Waals surface area contributed by atoms with Crippen molar-refractivity contribution >= 4 is 5.91 Å². The number of nitrogen functional groups attached to an aromatic ring is 1. The van der Waals surface area contributed by atoms with Gasteiger partial charge in [0.25, 0.3) is 5.91 Å². The summed E-state index contributed by atoms with van der Waals surface area (Å²) in [5.41, 5.74) is 3.04. The van der Waals surface area contributed by atoms with E-state index >= 15 is 0 Å². The molecule has 0 spiro atoms. The molecule has 0 radical (unpaired) electrons. The lowest BCUT2D eigenvalue weighted by atomic mass is 10.2. The number of nitrogens with one attached hydrogen (secondary N) is 1. The molecule has 1 aromatic heterocycles. The van der Waals surface area contributed by atoms with E-state index in [1.54, 1.807) is 14.0 Å². The van der Waals surface area contributed by atoms with Crippen LogP contribution in [0.3, 0.4) is 0 Å². The molecular weight excluding hydrogens is 196 g/mol. The number of aryl methyl sites for hydroxylation is 1. The van der Waals surface area contributed by atoms with Gasteiger partial charge < -0.3 is 4.74 Å². The Morgan fingerprint density at radius 2 is 2.40 bits per heavy atom. The quantitative estimate of drug-likeness (QED) is 0.400. The number of nitrogens with two attached hydrogens (primary N) is 1. The Labute approximate surface area is 87.8 Å². The van der Waals surface area contributed by atoms with Gasteiger partial charge >= 0.3 is 0 Å². The summed E-state index contributed by atoms with van der Waals surface area (Å²) in [7, 11) is 1.61. The Morgan fingerprint density at radius 3 is 2.93 bits per heavy atom. The van der Waals surface area contributed by atoms with E-state index in [-0.39, 0.29) is 5.91 Å². The lowest BCUT2D eigenvalue weighted by Crippen LogP contribution is -2.31. The highest BCUT2D eigenvalue weighted by atomic mass is 16.5. The maximum absolute atomic E-state index is 11.2. The smallest absolute Gasteiger partial charge is 0.268 e. The van der Waals surface area contributed by atoms with E-state index in [0.29, 0.717) is 30.1 Å². The normalized spacial score (nSPS) is 10.1. The van der Waals surface area contributed by atoms with Crippen molar-refractivity contribution in [2.24, 2.45) is 5.84 Å². The number of hydrogen-bond donors (Lipinski definition) is 2. The summed E-state index contributed by atoms with van der Waals surface area (Å²) in [5, 5.41) is 0. The van der Waals surface area contributed by atoms with Crippen LogP contribution in [0.1, 0.15) is 21.9 Å². The topological polar surface area (TPSA) is 90.1 Å². The first-order valence-electron chi connectivity index (χ1n) is 4.51. The molecule has 0 fully saturated rings. The number of carbonyl (C=O) groups is 1. The van der Waals surface area contributed by atoms with E-state index in [9.17, 15) is 4.79 Å². The zero-order valence-electron chi connectivity index (χ0n) is 8.78. The van der Waals surface area contributed by atoms with E-state index in [0.717, 1.165) is 0 Å². The summed E-state index contributed by atoms with van der Waals surface area (Å²) in [5.74, 6) is 5.29. The molecule has 1 heterocycles. The fourth-order valence-corrected chi connectivity index (χ4v) is 1.13. The van der Waals surface area contributed by atoms with Crippen molar-refractivity contribution in [1.82, 2.24) is 15.4 Å². The van der Waals surface area contributed by atoms with Gasteiger partial charge in [-0.1, -0.05) is 0 Å². The lowest BCUT2D eigenvalue weighted by molar-refractivity contribution is 0.0952. The van der Waals surface area contributed by atoms with E-state index in [1.807, 2.05) is 5.43 Å². The molecule has 0 saturated heterocycles. The van der Waals surface area contributed by atoms with Gasteiger partial charge in [-0.25, -0.2) is 15.8 Å². The summed E-state index contributed by atoms with van der Waals surface area (Å²) in [6, 6.07) is 0. The molecule has 1 rings (SSSR count). The van der Waals surface area contributed by atoms with Crippen LogP contribution in [-0.4, -0.2) is 29.6 Å². The number of nitrogens with zero attached hydrogens (tertiary/aromatic N) is 2. The Morgan fingerprint density at radius 1 is 1.67 bits per heavy atom. The van der Waals surface area contributed by atoms with Crippen molar-refractivity contribution in [2.45, 2.75) is 13.3 Å². The van der Waals surface area contributed by atoms with Crippen molar-refractivity contribution in [3.8, 4) is 0 Å². The summed E-state index contributed by atoms with van der Waals surface area (Å²) in [4.78, 5) is 19.4. The maximum Gasteiger partial charge on any atom is 0.268 e. The fraction of sp³-hybridized carbons (Fsp3) is 0.444. The van der Waals surface area contributed by atoms with Crippen molar-refractivity contribution in [3.63, 3.8) is 0 Å². The number of methoxy groups -OCH3 is 1. The first kappa shape index (κ1) is 11.5. The van der Waals surface area contributed by atoms with Gasteiger partial charge in [-0.15, -0.1) is 0 Å². The third-order valence-electron chi connectivity index (χ3n) is 1.93. The molecule has 3 N–H and O–H groups in total. The lowest BCUT2D eigenvalue weighted by Gasteiger charge is -2.05. The number of amides is 1. The minimum Gasteiger partial charge on any atom is -0.384 e. The number of ether oxygens (including phenoxy) is 1. The predicted molar refractivity (Wildman–Crippen MR) is 54.0 cm³/mol. The molecule has 0 bridgehead atoms. The van der Waals surface area contributed by atoms with Crippen LogP contribution in [0.25, 0.3) is 0 Å². The van der Waals surface area contributed by atoms with Gasteiger partial charge in [-0.05, 0) is 6.92 Å². The SMILES string of the molecule is COCCc1ncc(C(=O)NN)c(C)n1. The van der Waals surface area contributed by atoms with Crippen molar-refractivity contribution < 1.29 is 9.53 Å². The van der Waals surface area contributed by atoms with E-state index in [2.05, 4.69) is 9.97 Å². The third-order valence-corrected chi connectivity index (χ3v) is 1.93. The highest BCUT2D eigenvalue weighted by Gasteiger charge is 2.09. The van der Waals surface area contributed by atoms with Crippen LogP contribution < -0.4 is 11.3 Å². The molecule has 82 valence electrons. The van der Waals surface area contributed by atoms with Gasteiger partial charge in [0.15, 0.2) is 0 Å². The average Bonchev–Trinajstić information content (AvgIpc) is 2.25. The van der Waals surface area contributed by atoms with Crippen LogP contribution in [-0.2, 0) is 11.2 Å². The van der Waals surface area contributed by atoms with Crippen molar-refractivity contribution in [2.75, 3.05) is 13.7 Å². The summed E-state index contributed by atoms with van der Waals surface area (Å²) >= 11 is 0. The Kier molecular flexibility index (Phi) is 4.14. The van der Waals surface area contributed by atoms with Gasteiger partial charge in [-0.2, -0.15) is 0 Å². The van der Waals surface area contributed by atoms with E-state index in [4.69, 9.17) is 10.6 Å². The minimum absolute atomic E-state index is 0.384. The highest BCUT2D eigenvalue weighted by molar-refractivity contribution is 5.94. The van der Waals surface area contributed by atoms with Gasteiger partial charge in [0, 0.05) is 19.7 Å². The Balaban J connectivity index is 2.83. The predicted octanol–water partition coefficient (Wildman–Crippen LogP) is -0.423. The third kappa shape index (κ3) is 2.97. The Hall–Kier alpha value is -1.53. The molecule has 0 atom stereocenters. The van der Waals surface area contributed by atoms with Crippen molar-refractivity contribution in [3.05, 3.63) is 23.3 Å². The molecule has 1 aromatic rings. The summed E-state index contributed by atoms with van der Waals surface area (Å²) < 4.78 is 4.91. The zero-order valence-corrected chi connectivity index (χ0v) is 8.78. The van der Waals surface area contributed by atoms with Gasteiger partial charge in [0.05, 0.1) is 17.9 Å². The highest BCUT2D eigenvalue weighted by Crippen LogP contribution is 2.04. The van der Waals surface area contributed by atoms with Crippen LogP contribution in [0.4, 0.5) is 0 Å². The molecule has 15 heavy (non-hydrogen) atoms. The fourth-order valence-electron chi connectivity index (χ4n) is 1.13. The standard InChI is InChI=1S/C9H14N4O2/c1-6-7(9(14)13-10)5-11-8(12-6)3-4-15-2/h5H,3-4,10H2,1-2H3,(H,13,14). The van der Waals surface area contributed by atoms with Crippen LogP contribution in [0.2, 0.25) is 0 Å². The second-order valence-electron chi connectivity index (χ2n) is 3.00. The first-order valence-corrected chi connectivity index (χ1v) is 4.51. The van der Waals surface area contributed by atoms with Crippen LogP contribution in [0, 0.1) is 6.92 Å². The number of hydrazine groups is 1. The second kappa shape index (κ2) is 5.38. The molecule has 0 saturated carbocycles. The largest absolute Gasteiger partial charge is 0.384 e. The Bertz CT molecular complexity index is 354. The summed E-state index contributed by atoms with van der Waals surface area (Å²) in [6.45, 7) is 2.30. The average molecular weight is 210 g/mol. The maximum atomic E-state index is 11.2. The molecule has 6 heteroatoms. The van der Waals surface area contributed by atoms with Gasteiger partial charge in [0.2, 0.25) is 0 Å². The number of aromatic nitrogens is 2. The van der Waals surface area contributed by atoms with Crippen LogP contribution >= 0.6 is 0 Å². The minimum atomic E-state index is -0.384. The summed E-state index contributed by atoms with van der Waals surface area (Å²) in [6.07, 6.45) is 2.09. The monoisotopic (exact) mass is 210 g/mol. The molecule has 0 aliphatic heterocycles. The number of hydrogen-bond acceptors (Lipinski definition) is 5. The second-order valence-corrected chi connectivity index (χ2v) is 3.00. The molecule has 0 unspecified atom stereocenters. The van der Waals surface area contributed by atoms with E-state index in [1.165, 1.54) is 6.20 Å². The van der Waals surface area contributed by atoms with Gasteiger partial charge in [0.1, 0.15) is 5.82 Å². The van der Waals surface area contributed by atoms with Crippen LogP contribution in [0.5, 0.6) is 0 Å². The molecule has 0 aliphatic rings. The number of carbonyl (C=O) groups excluding carboxylic acids is 1. The van der Waals surface area contributed by atoms with Crippen LogP contribution in [0.15, 0.2) is 6.20 Å². The molecule has 1 amide bonds. The molecule has 6 nitrogen and oxygen atoms in total. The molecular formula is C9H14N4O2.